The lowest BCUT2D eigenvalue weighted by molar-refractivity contribution is 0.00323. The molecule has 1 aliphatic carbocycles. The van der Waals surface area contributed by atoms with Crippen LogP contribution in [0.4, 0.5) is 0 Å². The first-order valence-electron chi connectivity index (χ1n) is 8.33. The van der Waals surface area contributed by atoms with Crippen LogP contribution >= 0.6 is 0 Å². The zero-order valence-corrected chi connectivity index (χ0v) is 13.4. The zero-order valence-electron chi connectivity index (χ0n) is 13.4. The Kier molecular flexibility index (Phi) is 5.84. The lowest BCUT2D eigenvalue weighted by atomic mass is 9.87. The van der Waals surface area contributed by atoms with E-state index in [9.17, 15) is 5.11 Å². The molecule has 2 fully saturated rings. The Morgan fingerprint density at radius 2 is 1.95 bits per heavy atom. The summed E-state index contributed by atoms with van der Waals surface area (Å²) < 4.78 is 0. The monoisotopic (exact) mass is 283 g/mol. The highest BCUT2D eigenvalue weighted by atomic mass is 16.3. The predicted octanol–water partition coefficient (Wildman–Crippen LogP) is 1.14. The average Bonchev–Trinajstić information content (AvgIpc) is 2.79. The maximum atomic E-state index is 10.5. The van der Waals surface area contributed by atoms with Crippen molar-refractivity contribution in [2.24, 2.45) is 17.6 Å². The normalized spacial score (nSPS) is 33.1. The van der Waals surface area contributed by atoms with Gasteiger partial charge in [0.15, 0.2) is 0 Å². The van der Waals surface area contributed by atoms with E-state index < -0.39 is 5.60 Å². The number of nitrogens with zero attached hydrogens (tertiary/aromatic N) is 2. The van der Waals surface area contributed by atoms with Gasteiger partial charge in [-0.05, 0) is 77.7 Å². The molecule has 0 radical (unpaired) electrons. The molecule has 1 saturated carbocycles. The van der Waals surface area contributed by atoms with Crippen LogP contribution in [0.2, 0.25) is 0 Å². The molecule has 0 aromatic carbocycles. The molecule has 0 bridgehead atoms. The van der Waals surface area contributed by atoms with Crippen LogP contribution in [0.5, 0.6) is 0 Å². The third kappa shape index (κ3) is 4.17. The average molecular weight is 283 g/mol. The number of hydrogen-bond acceptors (Lipinski definition) is 4. The van der Waals surface area contributed by atoms with Crippen molar-refractivity contribution in [1.82, 2.24) is 9.80 Å². The summed E-state index contributed by atoms with van der Waals surface area (Å²) in [5, 5.41) is 10.5. The highest BCUT2D eigenvalue weighted by Gasteiger charge is 2.39. The molecule has 3 N–H and O–H groups in total. The molecule has 20 heavy (non-hydrogen) atoms. The van der Waals surface area contributed by atoms with Crippen molar-refractivity contribution in [1.29, 1.82) is 0 Å². The Bertz CT molecular complexity index is 289. The summed E-state index contributed by atoms with van der Waals surface area (Å²) in [4.78, 5) is 4.89. The SMILES string of the molecule is CN(C)CC1CCN(CCC2CCCC2(O)CN)CC1. The molecule has 0 aromatic rings. The Labute approximate surface area is 124 Å². The van der Waals surface area contributed by atoms with E-state index in [2.05, 4.69) is 23.9 Å². The van der Waals surface area contributed by atoms with Gasteiger partial charge >= 0.3 is 0 Å². The topological polar surface area (TPSA) is 52.7 Å². The second-order valence-corrected chi connectivity index (χ2v) is 7.23. The van der Waals surface area contributed by atoms with E-state index in [4.69, 9.17) is 5.73 Å². The lowest BCUT2D eigenvalue weighted by Gasteiger charge is -2.35. The van der Waals surface area contributed by atoms with Gasteiger partial charge < -0.3 is 20.6 Å². The van der Waals surface area contributed by atoms with Gasteiger partial charge in [-0.1, -0.05) is 6.42 Å². The van der Waals surface area contributed by atoms with E-state index in [1.807, 2.05) is 0 Å². The highest BCUT2D eigenvalue weighted by molar-refractivity contribution is 4.93. The first kappa shape index (κ1) is 16.2. The highest BCUT2D eigenvalue weighted by Crippen LogP contribution is 2.37. The Morgan fingerprint density at radius 1 is 1.25 bits per heavy atom. The molecule has 0 aromatic heterocycles. The minimum atomic E-state index is -0.566. The van der Waals surface area contributed by atoms with Gasteiger partial charge in [0.1, 0.15) is 0 Å². The van der Waals surface area contributed by atoms with Crippen molar-refractivity contribution >= 4 is 0 Å². The van der Waals surface area contributed by atoms with Crippen molar-refractivity contribution < 1.29 is 5.11 Å². The zero-order chi connectivity index (χ0) is 14.6. The van der Waals surface area contributed by atoms with E-state index in [1.165, 1.54) is 32.5 Å². The molecular formula is C16H33N3O. The van der Waals surface area contributed by atoms with Gasteiger partial charge in [-0.25, -0.2) is 0 Å². The number of nitrogens with two attached hydrogens (primary N) is 1. The molecule has 1 heterocycles. The van der Waals surface area contributed by atoms with Crippen molar-refractivity contribution in [2.75, 3.05) is 46.8 Å². The van der Waals surface area contributed by atoms with E-state index in [1.54, 1.807) is 0 Å². The molecule has 2 atom stereocenters. The molecule has 4 nitrogen and oxygen atoms in total. The second-order valence-electron chi connectivity index (χ2n) is 7.23. The Hall–Kier alpha value is -0.160. The molecule has 0 amide bonds. The quantitative estimate of drug-likeness (QED) is 0.767. The van der Waals surface area contributed by atoms with Gasteiger partial charge in [0.05, 0.1) is 5.60 Å². The van der Waals surface area contributed by atoms with Crippen molar-refractivity contribution in [3.8, 4) is 0 Å². The maximum absolute atomic E-state index is 10.5. The lowest BCUT2D eigenvalue weighted by Crippen LogP contribution is -2.43. The third-order valence-electron chi connectivity index (χ3n) is 5.40. The number of rotatable bonds is 6. The second kappa shape index (κ2) is 7.21. The van der Waals surface area contributed by atoms with Crippen molar-refractivity contribution in [2.45, 2.75) is 44.1 Å². The van der Waals surface area contributed by atoms with Gasteiger partial charge in [-0.2, -0.15) is 0 Å². The summed E-state index contributed by atoms with van der Waals surface area (Å²) in [5.74, 6) is 1.29. The van der Waals surface area contributed by atoms with Crippen LogP contribution in [0.3, 0.4) is 0 Å². The summed E-state index contributed by atoms with van der Waals surface area (Å²) in [5.41, 5.74) is 5.20. The third-order valence-corrected chi connectivity index (χ3v) is 5.40. The van der Waals surface area contributed by atoms with Crippen LogP contribution in [0.25, 0.3) is 0 Å². The molecule has 4 heteroatoms. The van der Waals surface area contributed by atoms with Crippen LogP contribution in [-0.4, -0.2) is 67.3 Å². The molecule has 2 rings (SSSR count). The van der Waals surface area contributed by atoms with Crippen molar-refractivity contribution in [3.05, 3.63) is 0 Å². The predicted molar refractivity (Wildman–Crippen MR) is 83.7 cm³/mol. The van der Waals surface area contributed by atoms with Gasteiger partial charge in [0, 0.05) is 13.1 Å². The molecule has 118 valence electrons. The molecule has 1 aliphatic heterocycles. The fourth-order valence-electron chi connectivity index (χ4n) is 4.06. The fraction of sp³-hybridized carbons (Fsp3) is 1.00. The van der Waals surface area contributed by atoms with E-state index in [0.717, 1.165) is 38.1 Å². The van der Waals surface area contributed by atoms with Gasteiger partial charge in [-0.3, -0.25) is 0 Å². The Balaban J connectivity index is 1.68. The summed E-state index contributed by atoms with van der Waals surface area (Å²) in [7, 11) is 4.33. The standard InChI is InChI=1S/C16H33N3O/c1-18(2)12-14-5-9-19(10-6-14)11-7-15-4-3-8-16(15,20)13-17/h14-15,20H,3-13,17H2,1-2H3. The number of hydrogen-bond donors (Lipinski definition) is 2. The van der Waals surface area contributed by atoms with Crippen LogP contribution in [0.15, 0.2) is 0 Å². The molecule has 0 spiro atoms. The number of piperidine rings is 1. The van der Waals surface area contributed by atoms with Crippen molar-refractivity contribution in [3.63, 3.8) is 0 Å². The molecule has 2 unspecified atom stereocenters. The number of likely N-dealkylation sites (tertiary alicyclic amines) is 1. The smallest absolute Gasteiger partial charge is 0.0797 e. The maximum Gasteiger partial charge on any atom is 0.0797 e. The molecular weight excluding hydrogens is 250 g/mol. The first-order chi connectivity index (χ1) is 9.53. The van der Waals surface area contributed by atoms with E-state index >= 15 is 0 Å². The first-order valence-corrected chi connectivity index (χ1v) is 8.33. The van der Waals surface area contributed by atoms with Gasteiger partial charge in [0.25, 0.3) is 0 Å². The fourth-order valence-corrected chi connectivity index (χ4v) is 4.06. The number of aliphatic hydroxyl groups is 1. The largest absolute Gasteiger partial charge is 0.388 e. The summed E-state index contributed by atoms with van der Waals surface area (Å²) >= 11 is 0. The van der Waals surface area contributed by atoms with Gasteiger partial charge in [0.2, 0.25) is 0 Å². The Morgan fingerprint density at radius 3 is 2.55 bits per heavy atom. The summed E-state index contributed by atoms with van der Waals surface area (Å²) in [6, 6.07) is 0. The van der Waals surface area contributed by atoms with Gasteiger partial charge in [-0.15, -0.1) is 0 Å². The summed E-state index contributed by atoms with van der Waals surface area (Å²) in [6.07, 6.45) is 6.97. The van der Waals surface area contributed by atoms with E-state index in [0.29, 0.717) is 12.5 Å². The minimum absolute atomic E-state index is 0.423. The van der Waals surface area contributed by atoms with Crippen LogP contribution in [0.1, 0.15) is 38.5 Å². The van der Waals surface area contributed by atoms with Crippen LogP contribution < -0.4 is 5.73 Å². The summed E-state index contributed by atoms with van der Waals surface area (Å²) in [6.45, 7) is 5.26. The molecule has 1 saturated heterocycles. The molecule has 2 aliphatic rings. The van der Waals surface area contributed by atoms with Crippen LogP contribution in [0, 0.1) is 11.8 Å². The minimum Gasteiger partial charge on any atom is -0.388 e. The van der Waals surface area contributed by atoms with Crippen LogP contribution in [-0.2, 0) is 0 Å². The van der Waals surface area contributed by atoms with E-state index in [-0.39, 0.29) is 0 Å².